The molecule has 1 aromatic rings. The van der Waals surface area contributed by atoms with Crippen LogP contribution in [0.15, 0.2) is 12.1 Å². The zero-order chi connectivity index (χ0) is 13.2. The van der Waals surface area contributed by atoms with Gasteiger partial charge in [-0.05, 0) is 38.9 Å². The Hall–Kier alpha value is -1.20. The van der Waals surface area contributed by atoms with E-state index in [0.717, 1.165) is 50.6 Å². The summed E-state index contributed by atoms with van der Waals surface area (Å²) >= 11 is 0. The first-order valence-electron chi connectivity index (χ1n) is 7.11. The number of ether oxygens (including phenoxy) is 1. The largest absolute Gasteiger partial charge is 0.375 e. The highest BCUT2D eigenvalue weighted by Gasteiger charge is 2.33. The van der Waals surface area contributed by atoms with Gasteiger partial charge in [-0.15, -0.1) is 5.10 Å². The van der Waals surface area contributed by atoms with Gasteiger partial charge in [0.05, 0.1) is 18.4 Å². The second-order valence-electron chi connectivity index (χ2n) is 5.55. The number of nitrogens with zero attached hydrogens (tertiary/aromatic N) is 4. The smallest absolute Gasteiger partial charge is 0.151 e. The van der Waals surface area contributed by atoms with Gasteiger partial charge >= 0.3 is 0 Å². The summed E-state index contributed by atoms with van der Waals surface area (Å²) in [6.45, 7) is 5.92. The van der Waals surface area contributed by atoms with Gasteiger partial charge in [0, 0.05) is 25.7 Å². The van der Waals surface area contributed by atoms with Gasteiger partial charge in [0.2, 0.25) is 0 Å². The number of hydrogen-bond donors (Lipinski definition) is 0. The Morgan fingerprint density at radius 1 is 1.16 bits per heavy atom. The molecule has 0 spiro atoms. The Labute approximate surface area is 114 Å². The molecule has 3 heterocycles. The maximum absolute atomic E-state index is 5.93. The summed E-state index contributed by atoms with van der Waals surface area (Å²) in [5.41, 5.74) is 0.968. The highest BCUT2D eigenvalue weighted by Crippen LogP contribution is 2.24. The van der Waals surface area contributed by atoms with Gasteiger partial charge in [-0.3, -0.25) is 4.90 Å². The third-order valence-corrected chi connectivity index (χ3v) is 4.26. The van der Waals surface area contributed by atoms with Crippen molar-refractivity contribution in [3.63, 3.8) is 0 Å². The third kappa shape index (κ3) is 2.72. The monoisotopic (exact) mass is 262 g/mol. The molecule has 0 saturated carbocycles. The summed E-state index contributed by atoms with van der Waals surface area (Å²) in [5.74, 6) is 0.993. The average molecular weight is 262 g/mol. The molecule has 0 radical (unpaired) electrons. The highest BCUT2D eigenvalue weighted by atomic mass is 16.5. The minimum atomic E-state index is 0.377. The summed E-state index contributed by atoms with van der Waals surface area (Å²) in [6.07, 6.45) is 2.59. The molecular weight excluding hydrogens is 240 g/mol. The van der Waals surface area contributed by atoms with E-state index < -0.39 is 0 Å². The first-order chi connectivity index (χ1) is 9.24. The predicted molar refractivity (Wildman–Crippen MR) is 74.4 cm³/mol. The molecule has 0 N–H and O–H groups in total. The fourth-order valence-corrected chi connectivity index (χ4v) is 3.06. The maximum Gasteiger partial charge on any atom is 0.151 e. The zero-order valence-corrected chi connectivity index (χ0v) is 11.7. The number of aryl methyl sites for hydroxylation is 1. The molecule has 2 aliphatic rings. The van der Waals surface area contributed by atoms with E-state index in [4.69, 9.17) is 4.74 Å². The predicted octanol–water partition coefficient (Wildman–Crippen LogP) is 1.08. The number of morpholine rings is 1. The van der Waals surface area contributed by atoms with Crippen molar-refractivity contribution < 1.29 is 4.74 Å². The van der Waals surface area contributed by atoms with Crippen LogP contribution >= 0.6 is 0 Å². The van der Waals surface area contributed by atoms with Gasteiger partial charge < -0.3 is 9.64 Å². The van der Waals surface area contributed by atoms with Crippen LogP contribution in [0.3, 0.4) is 0 Å². The molecule has 0 bridgehead atoms. The Balaban J connectivity index is 1.71. The SMILES string of the molecule is Cc1ccc(N2CC[C@@H]3[C@@H](CC2)OCCN3C)nn1. The summed E-state index contributed by atoms with van der Waals surface area (Å²) < 4.78 is 5.93. The van der Waals surface area contributed by atoms with Crippen LogP contribution < -0.4 is 4.90 Å². The number of anilines is 1. The molecule has 0 amide bonds. The van der Waals surface area contributed by atoms with Gasteiger partial charge in [-0.2, -0.15) is 5.10 Å². The molecule has 2 fully saturated rings. The maximum atomic E-state index is 5.93. The van der Waals surface area contributed by atoms with Crippen LogP contribution in [-0.2, 0) is 4.74 Å². The summed E-state index contributed by atoms with van der Waals surface area (Å²) in [5, 5.41) is 8.46. The molecule has 5 heteroatoms. The van der Waals surface area contributed by atoms with Crippen molar-refractivity contribution in [1.29, 1.82) is 0 Å². The van der Waals surface area contributed by atoms with Crippen molar-refractivity contribution >= 4 is 5.82 Å². The van der Waals surface area contributed by atoms with Gasteiger partial charge in [0.1, 0.15) is 0 Å². The zero-order valence-electron chi connectivity index (χ0n) is 11.7. The lowest BCUT2D eigenvalue weighted by molar-refractivity contribution is -0.0616. The second-order valence-corrected chi connectivity index (χ2v) is 5.55. The number of aromatic nitrogens is 2. The summed E-state index contributed by atoms with van der Waals surface area (Å²) in [6, 6.07) is 4.65. The number of rotatable bonds is 1. The van der Waals surface area contributed by atoms with Crippen LogP contribution in [0.2, 0.25) is 0 Å². The molecule has 2 saturated heterocycles. The van der Waals surface area contributed by atoms with Crippen molar-refractivity contribution in [2.24, 2.45) is 0 Å². The van der Waals surface area contributed by atoms with Gasteiger partial charge in [-0.25, -0.2) is 0 Å². The molecule has 0 aliphatic carbocycles. The van der Waals surface area contributed by atoms with Crippen molar-refractivity contribution in [3.8, 4) is 0 Å². The Kier molecular flexibility index (Phi) is 3.66. The first kappa shape index (κ1) is 12.8. The van der Waals surface area contributed by atoms with E-state index >= 15 is 0 Å². The fourth-order valence-electron chi connectivity index (χ4n) is 3.06. The molecule has 104 valence electrons. The molecule has 2 aliphatic heterocycles. The number of hydrogen-bond acceptors (Lipinski definition) is 5. The van der Waals surface area contributed by atoms with E-state index in [2.05, 4.69) is 33.1 Å². The van der Waals surface area contributed by atoms with E-state index in [-0.39, 0.29) is 0 Å². The van der Waals surface area contributed by atoms with Crippen molar-refractivity contribution in [1.82, 2.24) is 15.1 Å². The summed E-state index contributed by atoms with van der Waals surface area (Å²) in [4.78, 5) is 4.78. The summed E-state index contributed by atoms with van der Waals surface area (Å²) in [7, 11) is 2.21. The second kappa shape index (κ2) is 5.43. The lowest BCUT2D eigenvalue weighted by Crippen LogP contribution is -2.49. The van der Waals surface area contributed by atoms with Crippen LogP contribution in [0, 0.1) is 6.92 Å². The van der Waals surface area contributed by atoms with Crippen LogP contribution in [0.1, 0.15) is 18.5 Å². The van der Waals surface area contributed by atoms with Gasteiger partial charge in [0.15, 0.2) is 5.82 Å². The topological polar surface area (TPSA) is 41.5 Å². The van der Waals surface area contributed by atoms with E-state index in [1.165, 1.54) is 0 Å². The van der Waals surface area contributed by atoms with E-state index in [1.807, 2.05) is 13.0 Å². The molecule has 0 unspecified atom stereocenters. The van der Waals surface area contributed by atoms with Crippen molar-refractivity contribution in [2.75, 3.05) is 38.2 Å². The quantitative estimate of drug-likeness (QED) is 0.757. The van der Waals surface area contributed by atoms with Crippen LogP contribution in [-0.4, -0.2) is 60.5 Å². The Morgan fingerprint density at radius 2 is 2.00 bits per heavy atom. The molecule has 3 rings (SSSR count). The lowest BCUT2D eigenvalue weighted by atomic mass is 10.0. The van der Waals surface area contributed by atoms with Crippen LogP contribution in [0.5, 0.6) is 0 Å². The van der Waals surface area contributed by atoms with Crippen molar-refractivity contribution in [2.45, 2.75) is 31.9 Å². The fraction of sp³-hybridized carbons (Fsp3) is 0.714. The minimum Gasteiger partial charge on any atom is -0.375 e. The Bertz CT molecular complexity index is 422. The standard InChI is InChI=1S/C14H22N4O/c1-11-3-4-14(16-15-11)18-7-5-12-13(6-8-18)19-10-9-17(12)2/h3-4,12-13H,5-10H2,1-2H3/t12-,13-/m1/s1. The van der Waals surface area contributed by atoms with Crippen LogP contribution in [0.4, 0.5) is 5.82 Å². The van der Waals surface area contributed by atoms with Gasteiger partial charge in [-0.1, -0.05) is 0 Å². The number of likely N-dealkylation sites (N-methyl/N-ethyl adjacent to an activating group) is 1. The third-order valence-electron chi connectivity index (χ3n) is 4.26. The molecule has 5 nitrogen and oxygen atoms in total. The molecule has 0 aromatic carbocycles. The highest BCUT2D eigenvalue weighted by molar-refractivity contribution is 5.37. The average Bonchev–Trinajstić information content (AvgIpc) is 2.63. The molecule has 1 aromatic heterocycles. The molecular formula is C14H22N4O. The lowest BCUT2D eigenvalue weighted by Gasteiger charge is -2.37. The van der Waals surface area contributed by atoms with E-state index in [9.17, 15) is 0 Å². The Morgan fingerprint density at radius 3 is 2.79 bits per heavy atom. The normalized spacial score (nSPS) is 28.8. The van der Waals surface area contributed by atoms with E-state index in [0.29, 0.717) is 12.1 Å². The van der Waals surface area contributed by atoms with Crippen LogP contribution in [0.25, 0.3) is 0 Å². The minimum absolute atomic E-state index is 0.377. The number of fused-ring (bicyclic) bond motifs is 1. The molecule has 19 heavy (non-hydrogen) atoms. The van der Waals surface area contributed by atoms with Crippen molar-refractivity contribution in [3.05, 3.63) is 17.8 Å². The molecule has 2 atom stereocenters. The first-order valence-corrected chi connectivity index (χ1v) is 7.11. The van der Waals surface area contributed by atoms with Gasteiger partial charge in [0.25, 0.3) is 0 Å². The van der Waals surface area contributed by atoms with E-state index in [1.54, 1.807) is 0 Å².